The molecule has 1 heterocycles. The third-order valence-corrected chi connectivity index (χ3v) is 5.52. The van der Waals surface area contributed by atoms with E-state index in [0.29, 0.717) is 23.2 Å². The zero-order chi connectivity index (χ0) is 19.8. The number of amides is 1. The predicted molar refractivity (Wildman–Crippen MR) is 95.5 cm³/mol. The first-order valence-electron chi connectivity index (χ1n) is 9.16. The number of aliphatic hydroxyl groups is 1. The van der Waals surface area contributed by atoms with E-state index in [1.807, 2.05) is 0 Å². The first-order chi connectivity index (χ1) is 12.6. The van der Waals surface area contributed by atoms with Crippen LogP contribution in [0.2, 0.25) is 0 Å². The average Bonchev–Trinajstić information content (AvgIpc) is 2.59. The highest BCUT2D eigenvalue weighted by Gasteiger charge is 2.43. The predicted octanol–water partition coefficient (Wildman–Crippen LogP) is 4.59. The fraction of sp³-hybridized carbons (Fsp3) is 0.550. The molecule has 1 aromatic carbocycles. The SMILES string of the molecule is Cc1cc(OCC(F)(F)F)cc(C)c1C1=C(O)C2(CCCCC2)CNC1=O. The first-order valence-corrected chi connectivity index (χ1v) is 9.16. The van der Waals surface area contributed by atoms with Crippen molar-refractivity contribution in [1.29, 1.82) is 0 Å². The number of aliphatic hydroxyl groups excluding tert-OH is 1. The Hall–Kier alpha value is -2.18. The van der Waals surface area contributed by atoms with E-state index in [-0.39, 0.29) is 23.0 Å². The second kappa shape index (κ2) is 7.09. The molecule has 1 spiro atoms. The quantitative estimate of drug-likeness (QED) is 0.802. The van der Waals surface area contributed by atoms with E-state index >= 15 is 0 Å². The molecule has 2 aliphatic rings. The Morgan fingerprint density at radius 1 is 1.15 bits per heavy atom. The van der Waals surface area contributed by atoms with Crippen LogP contribution in [0.15, 0.2) is 17.9 Å². The number of ether oxygens (including phenoxy) is 1. The molecule has 1 aromatic rings. The van der Waals surface area contributed by atoms with Crippen molar-refractivity contribution in [3.63, 3.8) is 0 Å². The largest absolute Gasteiger partial charge is 0.511 e. The van der Waals surface area contributed by atoms with Gasteiger partial charge >= 0.3 is 6.18 Å². The molecule has 0 aromatic heterocycles. The number of carbonyl (C=O) groups is 1. The van der Waals surface area contributed by atoms with E-state index < -0.39 is 18.2 Å². The number of carbonyl (C=O) groups excluding carboxylic acids is 1. The molecule has 0 unspecified atom stereocenters. The third-order valence-electron chi connectivity index (χ3n) is 5.52. The fourth-order valence-corrected chi connectivity index (χ4v) is 4.23. The fourth-order valence-electron chi connectivity index (χ4n) is 4.23. The number of halogens is 3. The van der Waals surface area contributed by atoms with Crippen LogP contribution >= 0.6 is 0 Å². The van der Waals surface area contributed by atoms with Crippen molar-refractivity contribution >= 4 is 11.5 Å². The molecule has 148 valence electrons. The molecule has 4 nitrogen and oxygen atoms in total. The molecule has 1 saturated carbocycles. The van der Waals surface area contributed by atoms with Gasteiger partial charge in [-0.15, -0.1) is 0 Å². The van der Waals surface area contributed by atoms with E-state index in [9.17, 15) is 23.1 Å². The smallest absolute Gasteiger partial charge is 0.422 e. The van der Waals surface area contributed by atoms with Gasteiger partial charge in [0, 0.05) is 12.0 Å². The van der Waals surface area contributed by atoms with E-state index in [4.69, 9.17) is 4.74 Å². The van der Waals surface area contributed by atoms with Gasteiger partial charge in [0.25, 0.3) is 5.91 Å². The number of benzene rings is 1. The van der Waals surface area contributed by atoms with Crippen LogP contribution < -0.4 is 10.1 Å². The standard InChI is InChI=1S/C20H24F3NO3/c1-12-8-14(27-11-20(21,22)23)9-13(2)15(12)16-17(25)19(10-24-18(16)26)6-4-3-5-7-19/h8-9,25H,3-7,10-11H2,1-2H3,(H,24,26). The van der Waals surface area contributed by atoms with E-state index in [2.05, 4.69) is 5.32 Å². The first kappa shape index (κ1) is 19.6. The number of hydrogen-bond donors (Lipinski definition) is 2. The Balaban J connectivity index is 2.01. The van der Waals surface area contributed by atoms with Crippen molar-refractivity contribution < 1.29 is 27.8 Å². The normalized spacial score (nSPS) is 20.0. The average molecular weight is 383 g/mol. The van der Waals surface area contributed by atoms with Crippen molar-refractivity contribution in [2.75, 3.05) is 13.2 Å². The molecule has 1 fully saturated rings. The zero-order valence-electron chi connectivity index (χ0n) is 15.5. The monoisotopic (exact) mass is 383 g/mol. The highest BCUT2D eigenvalue weighted by molar-refractivity contribution is 6.21. The number of aryl methyl sites for hydroxylation is 2. The Labute approximate surface area is 156 Å². The number of rotatable bonds is 3. The lowest BCUT2D eigenvalue weighted by atomic mass is 9.69. The maximum Gasteiger partial charge on any atom is 0.422 e. The van der Waals surface area contributed by atoms with Gasteiger partial charge in [0.2, 0.25) is 0 Å². The van der Waals surface area contributed by atoms with E-state index in [1.165, 1.54) is 12.1 Å². The molecule has 1 amide bonds. The Morgan fingerprint density at radius 3 is 2.30 bits per heavy atom. The minimum absolute atomic E-state index is 0.0924. The van der Waals surface area contributed by atoms with Crippen LogP contribution in [0.1, 0.15) is 48.8 Å². The van der Waals surface area contributed by atoms with Crippen LogP contribution in [0.5, 0.6) is 5.75 Å². The summed E-state index contributed by atoms with van der Waals surface area (Å²) < 4.78 is 42.0. The van der Waals surface area contributed by atoms with E-state index in [1.54, 1.807) is 13.8 Å². The van der Waals surface area contributed by atoms with Crippen LogP contribution in [-0.2, 0) is 4.79 Å². The summed E-state index contributed by atoms with van der Waals surface area (Å²) in [5, 5.41) is 13.9. The molecule has 3 rings (SSSR count). The van der Waals surface area contributed by atoms with Crippen molar-refractivity contribution in [3.8, 4) is 5.75 Å². The molecule has 0 bridgehead atoms. The van der Waals surface area contributed by atoms with Gasteiger partial charge in [0.15, 0.2) is 6.61 Å². The number of alkyl halides is 3. The van der Waals surface area contributed by atoms with Gasteiger partial charge in [-0.3, -0.25) is 4.79 Å². The molecular formula is C20H24F3NO3. The lowest BCUT2D eigenvalue weighted by molar-refractivity contribution is -0.153. The highest BCUT2D eigenvalue weighted by atomic mass is 19.4. The summed E-state index contributed by atoms with van der Waals surface area (Å²) in [6.45, 7) is 2.46. The Kier molecular flexibility index (Phi) is 5.14. The van der Waals surface area contributed by atoms with Crippen molar-refractivity contribution in [2.24, 2.45) is 5.41 Å². The summed E-state index contributed by atoms with van der Waals surface area (Å²) in [6.07, 6.45) is 0.311. The van der Waals surface area contributed by atoms with Crippen molar-refractivity contribution in [3.05, 3.63) is 34.6 Å². The molecule has 0 saturated heterocycles. The molecule has 1 aliphatic heterocycles. The third kappa shape index (κ3) is 3.92. The molecule has 0 radical (unpaired) electrons. The summed E-state index contributed by atoms with van der Waals surface area (Å²) >= 11 is 0. The second-order valence-corrected chi connectivity index (χ2v) is 7.58. The minimum Gasteiger partial charge on any atom is -0.511 e. The summed E-state index contributed by atoms with van der Waals surface area (Å²) in [6, 6.07) is 2.95. The van der Waals surface area contributed by atoms with Crippen molar-refractivity contribution in [2.45, 2.75) is 52.1 Å². The van der Waals surface area contributed by atoms with Gasteiger partial charge in [-0.1, -0.05) is 19.3 Å². The zero-order valence-corrected chi connectivity index (χ0v) is 15.5. The summed E-state index contributed by atoms with van der Waals surface area (Å²) in [5.41, 5.74) is 1.55. The Bertz CT molecular complexity index is 754. The van der Waals surface area contributed by atoms with Crippen LogP contribution in [0, 0.1) is 19.3 Å². The lowest BCUT2D eigenvalue weighted by Crippen LogP contribution is -2.46. The number of hydrogen-bond acceptors (Lipinski definition) is 3. The van der Waals surface area contributed by atoms with Gasteiger partial charge in [-0.25, -0.2) is 0 Å². The van der Waals surface area contributed by atoms with Gasteiger partial charge in [-0.05, 0) is 55.5 Å². The number of nitrogens with one attached hydrogen (secondary N) is 1. The van der Waals surface area contributed by atoms with Crippen LogP contribution in [0.25, 0.3) is 5.57 Å². The second-order valence-electron chi connectivity index (χ2n) is 7.58. The molecule has 2 N–H and O–H groups in total. The molecule has 7 heteroatoms. The molecule has 1 aliphatic carbocycles. The van der Waals surface area contributed by atoms with Gasteiger partial charge in [0.1, 0.15) is 11.5 Å². The lowest BCUT2D eigenvalue weighted by Gasteiger charge is -2.41. The summed E-state index contributed by atoms with van der Waals surface area (Å²) in [7, 11) is 0. The van der Waals surface area contributed by atoms with Gasteiger partial charge in [-0.2, -0.15) is 13.2 Å². The van der Waals surface area contributed by atoms with Crippen molar-refractivity contribution in [1.82, 2.24) is 5.32 Å². The maximum atomic E-state index is 12.6. The van der Waals surface area contributed by atoms with Gasteiger partial charge < -0.3 is 15.2 Å². The molecule has 0 atom stereocenters. The minimum atomic E-state index is -4.42. The van der Waals surface area contributed by atoms with Crippen LogP contribution in [0.3, 0.4) is 0 Å². The molecule has 27 heavy (non-hydrogen) atoms. The highest BCUT2D eigenvalue weighted by Crippen LogP contribution is 2.46. The summed E-state index contributed by atoms with van der Waals surface area (Å²) in [5.74, 6) is -0.144. The van der Waals surface area contributed by atoms with E-state index in [0.717, 1.165) is 32.1 Å². The Morgan fingerprint density at radius 2 is 1.74 bits per heavy atom. The van der Waals surface area contributed by atoms with Gasteiger partial charge in [0.05, 0.1) is 5.57 Å². The maximum absolute atomic E-state index is 12.6. The topological polar surface area (TPSA) is 58.6 Å². The summed E-state index contributed by atoms with van der Waals surface area (Å²) in [4.78, 5) is 12.6. The van der Waals surface area contributed by atoms with Crippen LogP contribution in [-0.4, -0.2) is 30.3 Å². The molecular weight excluding hydrogens is 359 g/mol. The van der Waals surface area contributed by atoms with Crippen LogP contribution in [0.4, 0.5) is 13.2 Å².